The van der Waals surface area contributed by atoms with Crippen LogP contribution in [0.5, 0.6) is 0 Å². The summed E-state index contributed by atoms with van der Waals surface area (Å²) < 4.78 is 0. The molecule has 0 aromatic heterocycles. The lowest BCUT2D eigenvalue weighted by Crippen LogP contribution is -1.88. The Morgan fingerprint density at radius 2 is 2.00 bits per heavy atom. The first-order chi connectivity index (χ1) is 4.88. The fourth-order valence-electron chi connectivity index (χ4n) is 1.39. The molecule has 0 aliphatic heterocycles. The van der Waals surface area contributed by atoms with E-state index in [2.05, 4.69) is 0 Å². The summed E-state index contributed by atoms with van der Waals surface area (Å²) in [5.41, 5.74) is 2.15. The van der Waals surface area contributed by atoms with Crippen molar-refractivity contribution in [1.29, 1.82) is 0 Å². The van der Waals surface area contributed by atoms with E-state index in [1.54, 1.807) is 0 Å². The van der Waals surface area contributed by atoms with Crippen LogP contribution in [-0.4, -0.2) is 5.78 Å². The molecule has 0 saturated heterocycles. The predicted molar refractivity (Wildman–Crippen MR) is 43.3 cm³/mol. The van der Waals surface area contributed by atoms with Crippen molar-refractivity contribution in [1.82, 2.24) is 0 Å². The molecule has 54 valence electrons. The highest BCUT2D eigenvalue weighted by Crippen LogP contribution is 2.20. The summed E-state index contributed by atoms with van der Waals surface area (Å²) >= 11 is 0. The standard InChI is InChI=1S/C9H8O.2H2/c10-9-6-5-7-3-1-2-4-8(7)9;;/h1-4H,5-6H2;2*1H. The van der Waals surface area contributed by atoms with E-state index in [-0.39, 0.29) is 2.85 Å². The number of fused-ring (bicyclic) bond motifs is 1. The van der Waals surface area contributed by atoms with Gasteiger partial charge in [0.1, 0.15) is 0 Å². The molecule has 2 rings (SSSR count). The first kappa shape index (κ1) is 5.66. The average molecular weight is 136 g/mol. The average Bonchev–Trinajstić information content (AvgIpc) is 2.34. The second-order valence-corrected chi connectivity index (χ2v) is 2.58. The van der Waals surface area contributed by atoms with Gasteiger partial charge >= 0.3 is 0 Å². The third-order valence-electron chi connectivity index (χ3n) is 1.94. The van der Waals surface area contributed by atoms with Crippen LogP contribution in [0.25, 0.3) is 0 Å². The lowest BCUT2D eigenvalue weighted by molar-refractivity contribution is 0.0994. The smallest absolute Gasteiger partial charge is 0.163 e. The highest BCUT2D eigenvalue weighted by Gasteiger charge is 2.17. The molecule has 0 spiro atoms. The summed E-state index contributed by atoms with van der Waals surface area (Å²) in [4.78, 5) is 11.1. The zero-order chi connectivity index (χ0) is 6.97. The molecule has 0 bridgehead atoms. The van der Waals surface area contributed by atoms with Crippen LogP contribution in [0.2, 0.25) is 0 Å². The molecule has 0 atom stereocenters. The maximum Gasteiger partial charge on any atom is 0.163 e. The van der Waals surface area contributed by atoms with Gasteiger partial charge in [-0.1, -0.05) is 24.3 Å². The van der Waals surface area contributed by atoms with Crippen molar-refractivity contribution >= 4 is 5.78 Å². The van der Waals surface area contributed by atoms with Gasteiger partial charge in [-0.15, -0.1) is 0 Å². The number of hydrogen-bond donors (Lipinski definition) is 0. The summed E-state index contributed by atoms with van der Waals surface area (Å²) in [5.74, 6) is 0.301. The molecular formula is C9H12O. The molecule has 0 N–H and O–H groups in total. The minimum Gasteiger partial charge on any atom is -0.294 e. The molecule has 10 heavy (non-hydrogen) atoms. The number of ketones is 1. The lowest BCUT2D eigenvalue weighted by atomic mass is 10.1. The van der Waals surface area contributed by atoms with Crippen LogP contribution < -0.4 is 0 Å². The van der Waals surface area contributed by atoms with Gasteiger partial charge in [0.2, 0.25) is 0 Å². The van der Waals surface area contributed by atoms with Crippen molar-refractivity contribution in [2.24, 2.45) is 0 Å². The van der Waals surface area contributed by atoms with Crippen molar-refractivity contribution in [3.05, 3.63) is 35.4 Å². The van der Waals surface area contributed by atoms with Crippen LogP contribution in [0.4, 0.5) is 0 Å². The Morgan fingerprint density at radius 3 is 2.80 bits per heavy atom. The maximum absolute atomic E-state index is 11.1. The van der Waals surface area contributed by atoms with Gasteiger partial charge in [-0.25, -0.2) is 0 Å². The summed E-state index contributed by atoms with van der Waals surface area (Å²) in [6, 6.07) is 7.84. The van der Waals surface area contributed by atoms with Gasteiger partial charge in [0.25, 0.3) is 0 Å². The Balaban J connectivity index is 0.000000605. The van der Waals surface area contributed by atoms with E-state index in [0.717, 1.165) is 12.0 Å². The molecule has 1 aliphatic carbocycles. The molecular weight excluding hydrogens is 124 g/mol. The largest absolute Gasteiger partial charge is 0.294 e. The third kappa shape index (κ3) is 0.670. The minimum atomic E-state index is 0. The Bertz CT molecular complexity index is 284. The van der Waals surface area contributed by atoms with E-state index in [0.29, 0.717) is 12.2 Å². The number of Topliss-reactive ketones (excluding diaryl/α,β-unsaturated/α-hetero) is 1. The van der Waals surface area contributed by atoms with E-state index >= 15 is 0 Å². The Hall–Kier alpha value is -1.11. The third-order valence-corrected chi connectivity index (χ3v) is 1.94. The van der Waals surface area contributed by atoms with Gasteiger partial charge in [-0.05, 0) is 12.0 Å². The quantitative estimate of drug-likeness (QED) is 0.535. The second kappa shape index (κ2) is 1.94. The highest BCUT2D eigenvalue weighted by molar-refractivity contribution is 6.00. The van der Waals surface area contributed by atoms with Crippen LogP contribution in [0.1, 0.15) is 25.2 Å². The molecule has 0 unspecified atom stereocenters. The number of carbonyl (C=O) groups excluding carboxylic acids is 1. The predicted octanol–water partition coefficient (Wildman–Crippen LogP) is 2.31. The van der Waals surface area contributed by atoms with E-state index in [1.165, 1.54) is 5.56 Å². The Morgan fingerprint density at radius 1 is 1.20 bits per heavy atom. The first-order valence-corrected chi connectivity index (χ1v) is 3.49. The molecule has 0 saturated carbocycles. The van der Waals surface area contributed by atoms with E-state index in [4.69, 9.17) is 0 Å². The first-order valence-electron chi connectivity index (χ1n) is 3.49. The fraction of sp³-hybridized carbons (Fsp3) is 0.222. The minimum absolute atomic E-state index is 0. The van der Waals surface area contributed by atoms with E-state index in [9.17, 15) is 4.79 Å². The van der Waals surface area contributed by atoms with Gasteiger partial charge in [0.15, 0.2) is 5.78 Å². The van der Waals surface area contributed by atoms with Crippen molar-refractivity contribution in [2.45, 2.75) is 12.8 Å². The van der Waals surface area contributed by atoms with E-state index in [1.807, 2.05) is 24.3 Å². The number of aryl methyl sites for hydroxylation is 1. The monoisotopic (exact) mass is 136 g/mol. The zero-order valence-electron chi connectivity index (χ0n) is 5.63. The zero-order valence-corrected chi connectivity index (χ0v) is 5.63. The van der Waals surface area contributed by atoms with Crippen molar-refractivity contribution in [3.8, 4) is 0 Å². The normalized spacial score (nSPS) is 15.4. The van der Waals surface area contributed by atoms with Gasteiger partial charge in [0, 0.05) is 14.8 Å². The van der Waals surface area contributed by atoms with Crippen LogP contribution in [-0.2, 0) is 6.42 Å². The van der Waals surface area contributed by atoms with Crippen molar-refractivity contribution < 1.29 is 7.65 Å². The second-order valence-electron chi connectivity index (χ2n) is 2.58. The van der Waals surface area contributed by atoms with Crippen LogP contribution >= 0.6 is 0 Å². The fourth-order valence-corrected chi connectivity index (χ4v) is 1.39. The summed E-state index contributed by atoms with van der Waals surface area (Å²) in [7, 11) is 0. The van der Waals surface area contributed by atoms with E-state index < -0.39 is 0 Å². The van der Waals surface area contributed by atoms with Gasteiger partial charge < -0.3 is 0 Å². The van der Waals surface area contributed by atoms with Gasteiger partial charge in [-0.3, -0.25) is 4.79 Å². The SMILES string of the molecule is O=C1CCc2ccccc21.[HH].[HH]. The molecule has 0 fully saturated rings. The molecule has 0 amide bonds. The number of carbonyl (C=O) groups is 1. The molecule has 1 aliphatic rings. The maximum atomic E-state index is 11.1. The van der Waals surface area contributed by atoms with Crippen molar-refractivity contribution in [3.63, 3.8) is 0 Å². The summed E-state index contributed by atoms with van der Waals surface area (Å²) in [6.45, 7) is 0. The van der Waals surface area contributed by atoms with Crippen LogP contribution in [0, 0.1) is 0 Å². The molecule has 0 radical (unpaired) electrons. The molecule has 1 nitrogen and oxygen atoms in total. The molecule has 1 heteroatoms. The number of benzene rings is 1. The summed E-state index contributed by atoms with van der Waals surface area (Å²) in [5, 5.41) is 0. The Kier molecular flexibility index (Phi) is 1.10. The topological polar surface area (TPSA) is 17.1 Å². The molecule has 0 heterocycles. The van der Waals surface area contributed by atoms with Crippen LogP contribution in [0.15, 0.2) is 24.3 Å². The Labute approximate surface area is 62.7 Å². The highest BCUT2D eigenvalue weighted by atomic mass is 16.1. The van der Waals surface area contributed by atoms with Crippen LogP contribution in [0.3, 0.4) is 0 Å². The van der Waals surface area contributed by atoms with Gasteiger partial charge in [0.05, 0.1) is 0 Å². The lowest BCUT2D eigenvalue weighted by Gasteiger charge is -1.92. The molecule has 1 aromatic rings. The summed E-state index contributed by atoms with van der Waals surface area (Å²) in [6.07, 6.45) is 1.65. The molecule has 1 aromatic carbocycles. The van der Waals surface area contributed by atoms with Crippen molar-refractivity contribution in [2.75, 3.05) is 0 Å². The van der Waals surface area contributed by atoms with Gasteiger partial charge in [-0.2, -0.15) is 0 Å². The number of rotatable bonds is 0. The number of hydrogen-bond acceptors (Lipinski definition) is 1.